The van der Waals surface area contributed by atoms with Crippen molar-refractivity contribution < 1.29 is 25.2 Å². The van der Waals surface area contributed by atoms with Crippen LogP contribution in [0.4, 0.5) is 0 Å². The van der Waals surface area contributed by atoms with Crippen LogP contribution in [0, 0.1) is 16.7 Å². The molecule has 2 fully saturated rings. The molecule has 0 heterocycles. The molecule has 0 saturated heterocycles. The van der Waals surface area contributed by atoms with Gasteiger partial charge < -0.3 is 0 Å². The molecule has 2 rings (SSSR count). The van der Waals surface area contributed by atoms with Crippen molar-refractivity contribution >= 4 is 20.2 Å². The average molecular weight is 326 g/mol. The van der Waals surface area contributed by atoms with Gasteiger partial charge in [0, 0.05) is 5.41 Å². The number of fused-ring (bicyclic) bond motifs is 2. The van der Waals surface area contributed by atoms with Crippen molar-refractivity contribution in [2.45, 2.75) is 45.8 Å². The minimum atomic E-state index is -3.53. The van der Waals surface area contributed by atoms with E-state index in [4.69, 9.17) is 8.37 Å². The monoisotopic (exact) mass is 326 g/mol. The Bertz CT molecular complexity index is 606. The van der Waals surface area contributed by atoms with Gasteiger partial charge in [0.15, 0.2) is 0 Å². The highest BCUT2D eigenvalue weighted by Crippen LogP contribution is 2.67. The summed E-state index contributed by atoms with van der Waals surface area (Å²) in [7, 11) is -7.05. The second-order valence-corrected chi connectivity index (χ2v) is 10.0. The molecule has 118 valence electrons. The molecule has 0 radical (unpaired) electrons. The van der Waals surface area contributed by atoms with E-state index < -0.39 is 37.9 Å². The lowest BCUT2D eigenvalue weighted by molar-refractivity contribution is 0.0198. The lowest BCUT2D eigenvalue weighted by atomic mass is 9.70. The second-order valence-electron chi connectivity index (χ2n) is 6.81. The molecule has 0 spiro atoms. The Balaban J connectivity index is 2.28. The van der Waals surface area contributed by atoms with E-state index >= 15 is 0 Å². The zero-order valence-corrected chi connectivity index (χ0v) is 14.0. The van der Waals surface area contributed by atoms with Crippen LogP contribution in [0.15, 0.2) is 0 Å². The molecule has 20 heavy (non-hydrogen) atoms. The maximum atomic E-state index is 11.4. The molecular formula is C12H22O6S2. The van der Waals surface area contributed by atoms with Crippen LogP contribution in [-0.2, 0) is 28.6 Å². The molecule has 0 amide bonds. The van der Waals surface area contributed by atoms with Gasteiger partial charge in [-0.1, -0.05) is 20.8 Å². The van der Waals surface area contributed by atoms with Gasteiger partial charge in [-0.15, -0.1) is 0 Å². The Kier molecular flexibility index (Phi) is 3.57. The van der Waals surface area contributed by atoms with Crippen molar-refractivity contribution in [2.75, 3.05) is 12.5 Å². The van der Waals surface area contributed by atoms with Gasteiger partial charge in [-0.25, -0.2) is 0 Å². The molecule has 0 N–H and O–H groups in total. The van der Waals surface area contributed by atoms with Crippen LogP contribution < -0.4 is 0 Å². The van der Waals surface area contributed by atoms with Crippen molar-refractivity contribution in [1.82, 2.24) is 0 Å². The predicted molar refractivity (Wildman–Crippen MR) is 74.0 cm³/mol. The van der Waals surface area contributed by atoms with E-state index in [0.717, 1.165) is 12.5 Å². The van der Waals surface area contributed by atoms with Gasteiger partial charge in [0.1, 0.15) is 0 Å². The standard InChI is InChI=1S/C12H22O6S2/c1-11(2)8-6-10(18-20(5,15)16)12(11,3)7-9(8)17-19(4,13)14/h8-10H,6-7H2,1-5H3/t8-,9+,10-,12+/m0/s1. The van der Waals surface area contributed by atoms with Crippen LogP contribution in [0.1, 0.15) is 33.6 Å². The first kappa shape index (κ1) is 16.2. The first-order chi connectivity index (χ1) is 8.76. The quantitative estimate of drug-likeness (QED) is 0.720. The summed E-state index contributed by atoms with van der Waals surface area (Å²) in [6.07, 6.45) is 2.24. The highest BCUT2D eigenvalue weighted by molar-refractivity contribution is 7.86. The summed E-state index contributed by atoms with van der Waals surface area (Å²) in [5.74, 6) is -0.0334. The average Bonchev–Trinajstić information content (AvgIpc) is 2.43. The Morgan fingerprint density at radius 1 is 0.950 bits per heavy atom. The van der Waals surface area contributed by atoms with Crippen LogP contribution in [0.5, 0.6) is 0 Å². The summed E-state index contributed by atoms with van der Waals surface area (Å²) in [6.45, 7) is 6.00. The Morgan fingerprint density at radius 3 is 1.80 bits per heavy atom. The van der Waals surface area contributed by atoms with Crippen molar-refractivity contribution in [3.63, 3.8) is 0 Å². The fourth-order valence-corrected chi connectivity index (χ4v) is 5.24. The minimum absolute atomic E-state index is 0.0334. The maximum Gasteiger partial charge on any atom is 0.264 e. The molecule has 2 aliphatic carbocycles. The summed E-state index contributed by atoms with van der Waals surface area (Å²) < 4.78 is 55.8. The van der Waals surface area contributed by atoms with Gasteiger partial charge in [0.2, 0.25) is 0 Å². The van der Waals surface area contributed by atoms with Crippen LogP contribution >= 0.6 is 0 Å². The number of rotatable bonds is 4. The van der Waals surface area contributed by atoms with E-state index in [1.807, 2.05) is 20.8 Å². The number of hydrogen-bond acceptors (Lipinski definition) is 6. The fourth-order valence-electron chi connectivity index (χ4n) is 3.88. The molecule has 8 heteroatoms. The molecule has 6 nitrogen and oxygen atoms in total. The normalized spacial score (nSPS) is 40.1. The molecule has 0 aliphatic heterocycles. The van der Waals surface area contributed by atoms with Crippen molar-refractivity contribution in [1.29, 1.82) is 0 Å². The van der Waals surface area contributed by atoms with E-state index in [9.17, 15) is 16.8 Å². The third kappa shape index (κ3) is 2.63. The maximum absolute atomic E-state index is 11.4. The smallest absolute Gasteiger partial charge is 0.264 e. The summed E-state index contributed by atoms with van der Waals surface area (Å²) in [5.41, 5.74) is -0.659. The van der Waals surface area contributed by atoms with E-state index in [-0.39, 0.29) is 11.3 Å². The van der Waals surface area contributed by atoms with E-state index in [1.165, 1.54) is 0 Å². The van der Waals surface area contributed by atoms with Gasteiger partial charge in [0.05, 0.1) is 24.7 Å². The minimum Gasteiger partial charge on any atom is -0.267 e. The van der Waals surface area contributed by atoms with E-state index in [2.05, 4.69) is 0 Å². The zero-order valence-electron chi connectivity index (χ0n) is 12.4. The first-order valence-corrected chi connectivity index (χ1v) is 10.2. The van der Waals surface area contributed by atoms with Crippen LogP contribution in [0.2, 0.25) is 0 Å². The Labute approximate surface area is 121 Å². The van der Waals surface area contributed by atoms with Crippen LogP contribution in [0.25, 0.3) is 0 Å². The third-order valence-corrected chi connectivity index (χ3v) is 6.42. The van der Waals surface area contributed by atoms with E-state index in [1.54, 1.807) is 0 Å². The Hall–Kier alpha value is -0.180. The van der Waals surface area contributed by atoms with Gasteiger partial charge in [0.25, 0.3) is 20.2 Å². The van der Waals surface area contributed by atoms with Gasteiger partial charge in [-0.3, -0.25) is 8.37 Å². The Morgan fingerprint density at radius 2 is 1.45 bits per heavy atom. The summed E-state index contributed by atoms with van der Waals surface area (Å²) >= 11 is 0. The molecule has 0 unspecified atom stereocenters. The largest absolute Gasteiger partial charge is 0.267 e. The third-order valence-electron chi connectivity index (χ3n) is 5.24. The topological polar surface area (TPSA) is 86.7 Å². The van der Waals surface area contributed by atoms with Gasteiger partial charge in [-0.05, 0) is 24.2 Å². The summed E-state index contributed by atoms with van der Waals surface area (Å²) in [4.78, 5) is 0. The van der Waals surface area contributed by atoms with Crippen LogP contribution in [-0.4, -0.2) is 41.6 Å². The lowest BCUT2D eigenvalue weighted by Gasteiger charge is -2.38. The van der Waals surface area contributed by atoms with Gasteiger partial charge >= 0.3 is 0 Å². The van der Waals surface area contributed by atoms with Gasteiger partial charge in [-0.2, -0.15) is 16.8 Å². The fraction of sp³-hybridized carbons (Fsp3) is 1.00. The molecule has 2 aliphatic rings. The number of hydrogen-bond donors (Lipinski definition) is 0. The molecule has 2 saturated carbocycles. The highest BCUT2D eigenvalue weighted by Gasteiger charge is 2.67. The second kappa shape index (κ2) is 4.41. The summed E-state index contributed by atoms with van der Waals surface area (Å²) in [5, 5.41) is 0. The molecular weight excluding hydrogens is 304 g/mol. The SMILES string of the molecule is CC1(C)[C@H]2C[C@H](OS(C)(=O)=O)[C@@]1(C)C[C@H]2OS(C)(=O)=O. The van der Waals surface area contributed by atoms with Crippen molar-refractivity contribution in [3.05, 3.63) is 0 Å². The zero-order chi connectivity index (χ0) is 15.6. The summed E-state index contributed by atoms with van der Waals surface area (Å²) in [6, 6.07) is 0. The van der Waals surface area contributed by atoms with Crippen molar-refractivity contribution in [3.8, 4) is 0 Å². The predicted octanol–water partition coefficient (Wildman–Crippen LogP) is 1.13. The molecule has 0 aromatic rings. The van der Waals surface area contributed by atoms with E-state index in [0.29, 0.717) is 12.8 Å². The molecule has 0 aromatic heterocycles. The highest BCUT2D eigenvalue weighted by atomic mass is 32.2. The lowest BCUT2D eigenvalue weighted by Crippen LogP contribution is -2.39. The molecule has 4 atom stereocenters. The first-order valence-electron chi connectivity index (χ1n) is 6.53. The molecule has 2 bridgehead atoms. The van der Waals surface area contributed by atoms with Crippen LogP contribution in [0.3, 0.4) is 0 Å². The van der Waals surface area contributed by atoms with Crippen molar-refractivity contribution in [2.24, 2.45) is 16.7 Å². The molecule has 0 aromatic carbocycles.